The summed E-state index contributed by atoms with van der Waals surface area (Å²) in [6.07, 6.45) is 0.281. The highest BCUT2D eigenvalue weighted by Crippen LogP contribution is 2.10. The van der Waals surface area contributed by atoms with Gasteiger partial charge in [-0.1, -0.05) is 12.1 Å². The molecule has 4 nitrogen and oxygen atoms in total. The van der Waals surface area contributed by atoms with E-state index in [1.54, 1.807) is 12.1 Å². The molecule has 0 radical (unpaired) electrons. The van der Waals surface area contributed by atoms with Gasteiger partial charge in [0.2, 0.25) is 5.91 Å². The van der Waals surface area contributed by atoms with Crippen LogP contribution in [0.25, 0.3) is 0 Å². The van der Waals surface area contributed by atoms with Gasteiger partial charge in [-0.25, -0.2) is 4.39 Å². The predicted octanol–water partition coefficient (Wildman–Crippen LogP) is 2.02. The van der Waals surface area contributed by atoms with Crippen LogP contribution in [0.4, 0.5) is 4.39 Å². The van der Waals surface area contributed by atoms with E-state index in [4.69, 9.17) is 0 Å². The second-order valence-corrected chi connectivity index (χ2v) is 4.50. The zero-order valence-corrected chi connectivity index (χ0v) is 11.0. The Morgan fingerprint density at radius 1 is 1.42 bits per heavy atom. The molecule has 1 heterocycles. The number of benzene rings is 1. The first-order chi connectivity index (χ1) is 9.06. The van der Waals surface area contributed by atoms with Gasteiger partial charge in [-0.3, -0.25) is 9.89 Å². The topological polar surface area (TPSA) is 57.8 Å². The number of aryl methyl sites for hydroxylation is 2. The van der Waals surface area contributed by atoms with E-state index in [1.807, 2.05) is 13.8 Å². The van der Waals surface area contributed by atoms with Crippen molar-refractivity contribution in [1.82, 2.24) is 15.5 Å². The van der Waals surface area contributed by atoms with Gasteiger partial charge in [0.15, 0.2) is 0 Å². The summed E-state index contributed by atoms with van der Waals surface area (Å²) < 4.78 is 13.0. The largest absolute Gasteiger partial charge is 0.352 e. The maximum Gasteiger partial charge on any atom is 0.224 e. The smallest absolute Gasteiger partial charge is 0.224 e. The lowest BCUT2D eigenvalue weighted by Crippen LogP contribution is -2.25. The summed E-state index contributed by atoms with van der Waals surface area (Å²) in [4.78, 5) is 11.8. The first-order valence-electron chi connectivity index (χ1n) is 6.08. The molecule has 5 heteroatoms. The molecule has 2 rings (SSSR count). The minimum atomic E-state index is -0.298. The molecule has 0 aliphatic rings. The molecule has 100 valence electrons. The molecule has 0 atom stereocenters. The predicted molar refractivity (Wildman–Crippen MR) is 70.0 cm³/mol. The zero-order chi connectivity index (χ0) is 13.8. The van der Waals surface area contributed by atoms with Crippen molar-refractivity contribution in [2.45, 2.75) is 26.8 Å². The standard InChI is InChI=1S/C14H16FN3O/c1-9-13(10(2)18-17-9)7-14(19)16-8-11-4-3-5-12(15)6-11/h3-6H,7-8H2,1-2H3,(H,16,19)(H,17,18). The summed E-state index contributed by atoms with van der Waals surface area (Å²) in [5.74, 6) is -0.398. The van der Waals surface area contributed by atoms with Crippen LogP contribution in [0.2, 0.25) is 0 Å². The number of carbonyl (C=O) groups excluding carboxylic acids is 1. The quantitative estimate of drug-likeness (QED) is 0.884. The van der Waals surface area contributed by atoms with Crippen molar-refractivity contribution < 1.29 is 9.18 Å². The van der Waals surface area contributed by atoms with Crippen LogP contribution in [-0.4, -0.2) is 16.1 Å². The molecule has 19 heavy (non-hydrogen) atoms. The van der Waals surface area contributed by atoms with Gasteiger partial charge in [0, 0.05) is 17.8 Å². The summed E-state index contributed by atoms with van der Waals surface area (Å²) in [5, 5.41) is 9.66. The van der Waals surface area contributed by atoms with E-state index in [-0.39, 0.29) is 18.1 Å². The highest BCUT2D eigenvalue weighted by atomic mass is 19.1. The number of nitrogens with zero attached hydrogens (tertiary/aromatic N) is 1. The number of aromatic amines is 1. The minimum Gasteiger partial charge on any atom is -0.352 e. The van der Waals surface area contributed by atoms with Crippen molar-refractivity contribution in [2.75, 3.05) is 0 Å². The Balaban J connectivity index is 1.92. The number of hydrogen-bond donors (Lipinski definition) is 2. The van der Waals surface area contributed by atoms with Gasteiger partial charge >= 0.3 is 0 Å². The SMILES string of the molecule is Cc1n[nH]c(C)c1CC(=O)NCc1cccc(F)c1. The number of carbonyl (C=O) groups is 1. The fourth-order valence-electron chi connectivity index (χ4n) is 1.91. The van der Waals surface area contributed by atoms with E-state index < -0.39 is 0 Å². The summed E-state index contributed by atoms with van der Waals surface area (Å²) in [5.41, 5.74) is 3.39. The van der Waals surface area contributed by atoms with Crippen molar-refractivity contribution in [1.29, 1.82) is 0 Å². The van der Waals surface area contributed by atoms with Crippen molar-refractivity contribution in [3.05, 3.63) is 52.6 Å². The Kier molecular flexibility index (Phi) is 3.94. The highest BCUT2D eigenvalue weighted by Gasteiger charge is 2.11. The number of nitrogens with one attached hydrogen (secondary N) is 2. The first kappa shape index (κ1) is 13.3. The highest BCUT2D eigenvalue weighted by molar-refractivity contribution is 5.79. The van der Waals surface area contributed by atoms with E-state index in [0.717, 1.165) is 22.5 Å². The lowest BCUT2D eigenvalue weighted by molar-refractivity contribution is -0.120. The Labute approximate surface area is 111 Å². The number of amides is 1. The molecule has 1 amide bonds. The van der Waals surface area contributed by atoms with Crippen LogP contribution in [0.3, 0.4) is 0 Å². The summed E-state index contributed by atoms with van der Waals surface area (Å²) in [6, 6.07) is 6.19. The monoisotopic (exact) mass is 261 g/mol. The number of H-pyrrole nitrogens is 1. The van der Waals surface area contributed by atoms with Crippen LogP contribution in [-0.2, 0) is 17.8 Å². The van der Waals surface area contributed by atoms with Gasteiger partial charge in [0.1, 0.15) is 5.82 Å². The number of halogens is 1. The molecule has 0 fully saturated rings. The third kappa shape index (κ3) is 3.40. The van der Waals surface area contributed by atoms with Crippen molar-refractivity contribution >= 4 is 5.91 Å². The molecule has 2 N–H and O–H groups in total. The third-order valence-corrected chi connectivity index (χ3v) is 3.00. The molecule has 0 aliphatic heterocycles. The first-order valence-corrected chi connectivity index (χ1v) is 6.08. The van der Waals surface area contributed by atoms with E-state index in [9.17, 15) is 9.18 Å². The van der Waals surface area contributed by atoms with Gasteiger partial charge < -0.3 is 5.32 Å². The summed E-state index contributed by atoms with van der Waals surface area (Å²) >= 11 is 0. The lowest BCUT2D eigenvalue weighted by atomic mass is 10.1. The van der Waals surface area contributed by atoms with Crippen LogP contribution in [0.15, 0.2) is 24.3 Å². The average molecular weight is 261 g/mol. The molecule has 0 saturated heterocycles. The van der Waals surface area contributed by atoms with E-state index in [2.05, 4.69) is 15.5 Å². The normalized spacial score (nSPS) is 10.5. The maximum absolute atomic E-state index is 13.0. The Hall–Kier alpha value is -2.17. The van der Waals surface area contributed by atoms with Gasteiger partial charge in [-0.05, 0) is 31.5 Å². The minimum absolute atomic E-state index is 0.100. The fraction of sp³-hybridized carbons (Fsp3) is 0.286. The van der Waals surface area contributed by atoms with Crippen LogP contribution in [0, 0.1) is 19.7 Å². The van der Waals surface area contributed by atoms with E-state index >= 15 is 0 Å². The Morgan fingerprint density at radius 2 is 2.21 bits per heavy atom. The number of aromatic nitrogens is 2. The van der Waals surface area contributed by atoms with Crippen molar-refractivity contribution in [3.63, 3.8) is 0 Å². The second-order valence-electron chi connectivity index (χ2n) is 4.50. The Morgan fingerprint density at radius 3 is 2.84 bits per heavy atom. The molecule has 0 unspecified atom stereocenters. The molecule has 0 aliphatic carbocycles. The zero-order valence-electron chi connectivity index (χ0n) is 11.0. The molecule has 1 aromatic carbocycles. The maximum atomic E-state index is 13.0. The van der Waals surface area contributed by atoms with Crippen LogP contribution < -0.4 is 5.32 Å². The van der Waals surface area contributed by atoms with Gasteiger partial charge in [0.05, 0.1) is 12.1 Å². The molecule has 0 bridgehead atoms. The van der Waals surface area contributed by atoms with E-state index in [1.165, 1.54) is 12.1 Å². The van der Waals surface area contributed by atoms with Crippen LogP contribution >= 0.6 is 0 Å². The molecular weight excluding hydrogens is 245 g/mol. The molecule has 0 spiro atoms. The molecule has 0 saturated carbocycles. The number of hydrogen-bond acceptors (Lipinski definition) is 2. The number of rotatable bonds is 4. The second kappa shape index (κ2) is 5.65. The Bertz CT molecular complexity index is 573. The van der Waals surface area contributed by atoms with Crippen LogP contribution in [0.5, 0.6) is 0 Å². The average Bonchev–Trinajstić information content (AvgIpc) is 2.68. The molecular formula is C14H16FN3O. The lowest BCUT2D eigenvalue weighted by Gasteiger charge is -2.06. The van der Waals surface area contributed by atoms with Gasteiger partial charge in [0.25, 0.3) is 0 Å². The summed E-state index contributed by atoms with van der Waals surface area (Å²) in [6.45, 7) is 4.07. The third-order valence-electron chi connectivity index (χ3n) is 3.00. The fourth-order valence-corrected chi connectivity index (χ4v) is 1.91. The molecule has 1 aromatic heterocycles. The van der Waals surface area contributed by atoms with Crippen molar-refractivity contribution in [2.24, 2.45) is 0 Å². The van der Waals surface area contributed by atoms with Crippen LogP contribution in [0.1, 0.15) is 22.5 Å². The van der Waals surface area contributed by atoms with Gasteiger partial charge in [-0.2, -0.15) is 5.10 Å². The molecule has 2 aromatic rings. The van der Waals surface area contributed by atoms with E-state index in [0.29, 0.717) is 6.54 Å². The van der Waals surface area contributed by atoms with Gasteiger partial charge in [-0.15, -0.1) is 0 Å². The summed E-state index contributed by atoms with van der Waals surface area (Å²) in [7, 11) is 0. The van der Waals surface area contributed by atoms with Crippen molar-refractivity contribution in [3.8, 4) is 0 Å².